The van der Waals surface area contributed by atoms with Crippen molar-refractivity contribution in [2.75, 3.05) is 13.2 Å². The highest BCUT2D eigenvalue weighted by atomic mass is 19.1. The molecule has 1 fully saturated rings. The van der Waals surface area contributed by atoms with Gasteiger partial charge in [0.05, 0.1) is 0 Å². The first-order valence-corrected chi connectivity index (χ1v) is 6.50. The number of hydrogen-bond donors (Lipinski definition) is 1. The highest BCUT2D eigenvalue weighted by Crippen LogP contribution is 2.24. The van der Waals surface area contributed by atoms with Crippen molar-refractivity contribution in [1.29, 1.82) is 0 Å². The van der Waals surface area contributed by atoms with Gasteiger partial charge < -0.3 is 10.1 Å². The van der Waals surface area contributed by atoms with Crippen LogP contribution in [-0.2, 0) is 4.74 Å². The first-order valence-electron chi connectivity index (χ1n) is 6.50. The molecule has 0 spiro atoms. The Bertz CT molecular complexity index is 190. The van der Waals surface area contributed by atoms with E-state index >= 15 is 0 Å². The molecular weight excluding hydrogens is 205 g/mol. The average Bonchev–Trinajstić information content (AvgIpc) is 2.26. The lowest BCUT2D eigenvalue weighted by atomic mass is 9.84. The van der Waals surface area contributed by atoms with E-state index in [0.29, 0.717) is 17.9 Å². The molecule has 0 aromatic heterocycles. The second-order valence-corrected chi connectivity index (χ2v) is 5.35. The summed E-state index contributed by atoms with van der Waals surface area (Å²) in [6.07, 6.45) is 1.41. The van der Waals surface area contributed by atoms with E-state index in [-0.39, 0.29) is 6.04 Å². The Morgan fingerprint density at radius 1 is 1.12 bits per heavy atom. The van der Waals surface area contributed by atoms with E-state index in [2.05, 4.69) is 19.2 Å². The first-order chi connectivity index (χ1) is 7.52. The third-order valence-electron chi connectivity index (χ3n) is 3.64. The fourth-order valence-electron chi connectivity index (χ4n) is 2.38. The molecule has 2 unspecified atom stereocenters. The van der Waals surface area contributed by atoms with Crippen molar-refractivity contribution in [3.63, 3.8) is 0 Å². The van der Waals surface area contributed by atoms with Crippen LogP contribution in [0, 0.1) is 11.8 Å². The Labute approximate surface area is 98.9 Å². The van der Waals surface area contributed by atoms with Gasteiger partial charge in [0.2, 0.25) is 0 Å². The van der Waals surface area contributed by atoms with Crippen molar-refractivity contribution >= 4 is 0 Å². The van der Waals surface area contributed by atoms with Crippen molar-refractivity contribution in [1.82, 2.24) is 5.32 Å². The summed E-state index contributed by atoms with van der Waals surface area (Å²) in [5.74, 6) is 1.18. The van der Waals surface area contributed by atoms with Crippen molar-refractivity contribution in [3.05, 3.63) is 0 Å². The SMILES string of the molecule is CC(C)C(NC(C)[C@@H](C)F)C1CCOCC1. The molecule has 0 aromatic rings. The predicted molar refractivity (Wildman–Crippen MR) is 65.3 cm³/mol. The van der Waals surface area contributed by atoms with Gasteiger partial charge in [0.15, 0.2) is 0 Å². The quantitative estimate of drug-likeness (QED) is 0.785. The summed E-state index contributed by atoms with van der Waals surface area (Å²) in [6, 6.07) is 0.354. The Morgan fingerprint density at radius 3 is 2.12 bits per heavy atom. The van der Waals surface area contributed by atoms with E-state index in [1.807, 2.05) is 6.92 Å². The van der Waals surface area contributed by atoms with Gasteiger partial charge in [-0.2, -0.15) is 0 Å². The summed E-state index contributed by atoms with van der Waals surface area (Å²) in [4.78, 5) is 0. The molecule has 1 aliphatic rings. The number of nitrogens with one attached hydrogen (secondary N) is 1. The zero-order valence-corrected chi connectivity index (χ0v) is 11.0. The molecule has 0 aromatic carbocycles. The van der Waals surface area contributed by atoms with Gasteiger partial charge in [-0.15, -0.1) is 0 Å². The van der Waals surface area contributed by atoms with Crippen LogP contribution in [0.3, 0.4) is 0 Å². The number of halogens is 1. The smallest absolute Gasteiger partial charge is 0.112 e. The van der Waals surface area contributed by atoms with E-state index in [9.17, 15) is 4.39 Å². The molecule has 96 valence electrons. The Balaban J connectivity index is 2.52. The second kappa shape index (κ2) is 6.55. The lowest BCUT2D eigenvalue weighted by Gasteiger charge is -2.36. The highest BCUT2D eigenvalue weighted by Gasteiger charge is 2.28. The molecule has 3 heteroatoms. The Morgan fingerprint density at radius 2 is 1.69 bits per heavy atom. The molecule has 1 N–H and O–H groups in total. The van der Waals surface area contributed by atoms with Crippen LogP contribution in [-0.4, -0.2) is 31.5 Å². The molecule has 0 radical (unpaired) electrons. The number of alkyl halides is 1. The molecular formula is C13H26FNO. The standard InChI is InChI=1S/C13H26FNO/c1-9(2)13(15-11(4)10(3)14)12-5-7-16-8-6-12/h9-13,15H,5-8H2,1-4H3/t10-,11?,13?/m1/s1. The molecule has 1 rings (SSSR count). The minimum Gasteiger partial charge on any atom is -0.381 e. The molecule has 0 aliphatic carbocycles. The number of ether oxygens (including phenoxy) is 1. The van der Waals surface area contributed by atoms with Crippen LogP contribution in [0.4, 0.5) is 4.39 Å². The third kappa shape index (κ3) is 4.02. The van der Waals surface area contributed by atoms with Crippen molar-refractivity contribution in [2.45, 2.75) is 58.8 Å². The van der Waals surface area contributed by atoms with Crippen molar-refractivity contribution in [2.24, 2.45) is 11.8 Å². The summed E-state index contributed by atoms with van der Waals surface area (Å²) in [6.45, 7) is 9.69. The van der Waals surface area contributed by atoms with Gasteiger partial charge in [0, 0.05) is 25.3 Å². The molecule has 0 amide bonds. The molecule has 2 nitrogen and oxygen atoms in total. The molecule has 0 saturated carbocycles. The maximum atomic E-state index is 13.2. The summed E-state index contributed by atoms with van der Waals surface area (Å²) in [5.41, 5.74) is 0. The van der Waals surface area contributed by atoms with Crippen LogP contribution in [0.2, 0.25) is 0 Å². The van der Waals surface area contributed by atoms with Gasteiger partial charge in [-0.3, -0.25) is 0 Å². The van der Waals surface area contributed by atoms with Crippen LogP contribution in [0.15, 0.2) is 0 Å². The molecule has 0 bridgehead atoms. The molecule has 3 atom stereocenters. The third-order valence-corrected chi connectivity index (χ3v) is 3.64. The van der Waals surface area contributed by atoms with Gasteiger partial charge in [-0.1, -0.05) is 13.8 Å². The lowest BCUT2D eigenvalue weighted by Crippen LogP contribution is -2.49. The predicted octanol–water partition coefficient (Wildman–Crippen LogP) is 2.77. The molecule has 1 aliphatic heterocycles. The monoisotopic (exact) mass is 231 g/mol. The van der Waals surface area contributed by atoms with Gasteiger partial charge in [0.25, 0.3) is 0 Å². The van der Waals surface area contributed by atoms with E-state index in [4.69, 9.17) is 4.74 Å². The maximum Gasteiger partial charge on any atom is 0.112 e. The normalized spacial score (nSPS) is 24.4. The summed E-state index contributed by atoms with van der Waals surface area (Å²) >= 11 is 0. The largest absolute Gasteiger partial charge is 0.381 e. The van der Waals surface area contributed by atoms with E-state index in [1.54, 1.807) is 6.92 Å². The van der Waals surface area contributed by atoms with Crippen LogP contribution < -0.4 is 5.32 Å². The first kappa shape index (κ1) is 13.9. The zero-order chi connectivity index (χ0) is 12.1. The Hall–Kier alpha value is -0.150. The fourth-order valence-corrected chi connectivity index (χ4v) is 2.38. The van der Waals surface area contributed by atoms with Crippen LogP contribution in [0.1, 0.15) is 40.5 Å². The van der Waals surface area contributed by atoms with Crippen LogP contribution in [0.5, 0.6) is 0 Å². The van der Waals surface area contributed by atoms with E-state index in [0.717, 1.165) is 26.1 Å². The average molecular weight is 231 g/mol. The van der Waals surface area contributed by atoms with Gasteiger partial charge in [-0.25, -0.2) is 4.39 Å². The molecule has 1 heterocycles. The molecule has 1 saturated heterocycles. The number of hydrogen-bond acceptors (Lipinski definition) is 2. The minimum absolute atomic E-state index is 0.0600. The van der Waals surface area contributed by atoms with Crippen molar-refractivity contribution in [3.8, 4) is 0 Å². The van der Waals surface area contributed by atoms with E-state index in [1.165, 1.54) is 0 Å². The fraction of sp³-hybridized carbons (Fsp3) is 1.00. The lowest BCUT2D eigenvalue weighted by molar-refractivity contribution is 0.0431. The second-order valence-electron chi connectivity index (χ2n) is 5.35. The van der Waals surface area contributed by atoms with Crippen LogP contribution in [0.25, 0.3) is 0 Å². The van der Waals surface area contributed by atoms with Gasteiger partial charge >= 0.3 is 0 Å². The Kier molecular flexibility index (Phi) is 5.70. The van der Waals surface area contributed by atoms with Crippen molar-refractivity contribution < 1.29 is 9.13 Å². The molecule has 16 heavy (non-hydrogen) atoms. The highest BCUT2D eigenvalue weighted by molar-refractivity contribution is 4.84. The summed E-state index contributed by atoms with van der Waals surface area (Å²) < 4.78 is 18.6. The summed E-state index contributed by atoms with van der Waals surface area (Å²) in [7, 11) is 0. The maximum absolute atomic E-state index is 13.2. The van der Waals surface area contributed by atoms with E-state index < -0.39 is 6.17 Å². The topological polar surface area (TPSA) is 21.3 Å². The van der Waals surface area contributed by atoms with Gasteiger partial charge in [0.1, 0.15) is 6.17 Å². The minimum atomic E-state index is -0.791. The zero-order valence-electron chi connectivity index (χ0n) is 11.0. The summed E-state index contributed by atoms with van der Waals surface area (Å²) in [5, 5.41) is 3.46. The van der Waals surface area contributed by atoms with Crippen LogP contribution >= 0.6 is 0 Å². The van der Waals surface area contributed by atoms with Gasteiger partial charge in [-0.05, 0) is 38.5 Å². The number of rotatable bonds is 5.